The number of hydrogen-bond donors (Lipinski definition) is 6. The van der Waals surface area contributed by atoms with Gasteiger partial charge in [0.15, 0.2) is 5.96 Å². The molecule has 168 valence electrons. The van der Waals surface area contributed by atoms with Crippen LogP contribution in [0.5, 0.6) is 0 Å². The van der Waals surface area contributed by atoms with E-state index in [0.717, 1.165) is 0 Å². The molecule has 0 amide bonds. The molecule has 2 aromatic rings. The van der Waals surface area contributed by atoms with Crippen LogP contribution in [0.4, 0.5) is 11.4 Å². The van der Waals surface area contributed by atoms with Crippen LogP contribution in [-0.4, -0.2) is 40.7 Å². The van der Waals surface area contributed by atoms with Gasteiger partial charge < -0.3 is 32.7 Å². The molecule has 0 radical (unpaired) electrons. The zero-order chi connectivity index (χ0) is 23.4. The van der Waals surface area contributed by atoms with Crippen molar-refractivity contribution in [3.05, 3.63) is 58.1 Å². The van der Waals surface area contributed by atoms with Crippen LogP contribution in [0, 0.1) is 0 Å². The normalized spacial score (nSPS) is 10.9. The highest BCUT2D eigenvalue weighted by Crippen LogP contribution is 2.33. The maximum atomic E-state index is 10.8. The van der Waals surface area contributed by atoms with Gasteiger partial charge in [0.25, 0.3) is 0 Å². The number of carboxylic acid groups (broad SMARTS) is 2. The van der Waals surface area contributed by atoms with Gasteiger partial charge in [-0.3, -0.25) is 14.6 Å². The molecule has 1 atom stereocenters. The van der Waals surface area contributed by atoms with Gasteiger partial charge >= 0.3 is 11.9 Å². The van der Waals surface area contributed by atoms with Gasteiger partial charge in [0.05, 0.1) is 22.2 Å². The molecule has 0 spiro atoms. The molecule has 11 heteroatoms. The van der Waals surface area contributed by atoms with Gasteiger partial charge in [-0.1, -0.05) is 47.5 Å². The van der Waals surface area contributed by atoms with Gasteiger partial charge in [-0.2, -0.15) is 0 Å². The number of halogens is 2. The quantitative estimate of drug-likeness (QED) is 0.184. The van der Waals surface area contributed by atoms with E-state index in [1.54, 1.807) is 36.4 Å². The number of carboxylic acids is 2. The lowest BCUT2D eigenvalue weighted by Gasteiger charge is -2.13. The zero-order valence-electron chi connectivity index (χ0n) is 16.6. The fraction of sp³-hybridized carbons (Fsp3) is 0.250. The summed E-state index contributed by atoms with van der Waals surface area (Å²) in [6.07, 6.45) is 0.892. The fourth-order valence-electron chi connectivity index (χ4n) is 2.35. The number of guanidine groups is 1. The first-order valence-corrected chi connectivity index (χ1v) is 9.92. The van der Waals surface area contributed by atoms with Gasteiger partial charge in [0, 0.05) is 12.2 Å². The standard InChI is InChI=1S/C14H11Cl2NO2.C6H14N4O2/c15-10-5-3-6-11(16)14(10)17-12-7-2-1-4-9(12)8-13(18)19;7-4(5(11)12)2-1-3-10-6(8)9/h1-7,17H,8H2,(H,18,19);4H,1-3,7H2,(H,11,12)(H4,8,9,10). The monoisotopic (exact) mass is 469 g/mol. The molecule has 0 aliphatic carbocycles. The highest BCUT2D eigenvalue weighted by atomic mass is 35.5. The van der Waals surface area contributed by atoms with Crippen molar-refractivity contribution in [1.29, 1.82) is 0 Å². The first-order valence-electron chi connectivity index (χ1n) is 9.16. The maximum absolute atomic E-state index is 10.8. The molecule has 0 saturated heterocycles. The van der Waals surface area contributed by atoms with Crippen LogP contribution < -0.4 is 22.5 Å². The molecule has 9 N–H and O–H groups in total. The third kappa shape index (κ3) is 10.0. The van der Waals surface area contributed by atoms with E-state index in [1.807, 2.05) is 6.07 Å². The van der Waals surface area contributed by atoms with E-state index in [4.69, 9.17) is 50.6 Å². The summed E-state index contributed by atoms with van der Waals surface area (Å²) in [6, 6.07) is 11.5. The summed E-state index contributed by atoms with van der Waals surface area (Å²) in [5.74, 6) is -1.88. The van der Waals surface area contributed by atoms with Crippen molar-refractivity contribution < 1.29 is 19.8 Å². The first-order chi connectivity index (χ1) is 14.6. The van der Waals surface area contributed by atoms with E-state index in [9.17, 15) is 9.59 Å². The van der Waals surface area contributed by atoms with Crippen molar-refractivity contribution in [3.63, 3.8) is 0 Å². The van der Waals surface area contributed by atoms with Crippen LogP contribution in [0.1, 0.15) is 18.4 Å². The predicted molar refractivity (Wildman–Crippen MR) is 123 cm³/mol. The second-order valence-electron chi connectivity index (χ2n) is 6.34. The molecule has 0 heterocycles. The summed E-state index contributed by atoms with van der Waals surface area (Å²) in [5.41, 5.74) is 17.2. The Balaban J connectivity index is 0.000000348. The van der Waals surface area contributed by atoms with Crippen LogP contribution in [0.15, 0.2) is 47.5 Å². The third-order valence-corrected chi connectivity index (χ3v) is 4.50. The summed E-state index contributed by atoms with van der Waals surface area (Å²) in [5, 5.41) is 21.3. The van der Waals surface area contributed by atoms with Crippen LogP contribution in [-0.2, 0) is 16.0 Å². The summed E-state index contributed by atoms with van der Waals surface area (Å²) in [4.78, 5) is 24.7. The van der Waals surface area contributed by atoms with Gasteiger partial charge in [-0.25, -0.2) is 0 Å². The topological polar surface area (TPSA) is 177 Å². The third-order valence-electron chi connectivity index (χ3n) is 3.87. The van der Waals surface area contributed by atoms with Crippen LogP contribution in [0.25, 0.3) is 0 Å². The Morgan fingerprint density at radius 1 is 1.03 bits per heavy atom. The summed E-state index contributed by atoms with van der Waals surface area (Å²) >= 11 is 12.1. The minimum absolute atomic E-state index is 0.0129. The average molecular weight is 470 g/mol. The summed E-state index contributed by atoms with van der Waals surface area (Å²) < 4.78 is 0. The molecule has 0 saturated carbocycles. The van der Waals surface area contributed by atoms with E-state index in [-0.39, 0.29) is 12.4 Å². The van der Waals surface area contributed by atoms with E-state index in [0.29, 0.717) is 46.4 Å². The van der Waals surface area contributed by atoms with Crippen LogP contribution >= 0.6 is 23.2 Å². The van der Waals surface area contributed by atoms with E-state index in [1.165, 1.54) is 0 Å². The number of aliphatic imine (C=N–C) groups is 1. The number of hydrogen-bond acceptors (Lipinski definition) is 5. The predicted octanol–water partition coefficient (Wildman–Crippen LogP) is 2.82. The van der Waals surface area contributed by atoms with Crippen molar-refractivity contribution >= 4 is 52.5 Å². The lowest BCUT2D eigenvalue weighted by Crippen LogP contribution is -2.30. The zero-order valence-corrected chi connectivity index (χ0v) is 18.1. The van der Waals surface area contributed by atoms with Gasteiger partial charge in [-0.15, -0.1) is 0 Å². The van der Waals surface area contributed by atoms with Crippen molar-refractivity contribution in [1.82, 2.24) is 0 Å². The first kappa shape index (κ1) is 26.0. The minimum Gasteiger partial charge on any atom is -0.481 e. The lowest BCUT2D eigenvalue weighted by molar-refractivity contribution is -0.139. The van der Waals surface area contributed by atoms with Gasteiger partial charge in [0.2, 0.25) is 0 Å². The number of carbonyl (C=O) groups is 2. The maximum Gasteiger partial charge on any atom is 0.320 e. The average Bonchev–Trinajstić information content (AvgIpc) is 2.69. The molecule has 9 nitrogen and oxygen atoms in total. The second-order valence-corrected chi connectivity index (χ2v) is 7.16. The van der Waals surface area contributed by atoms with Crippen molar-refractivity contribution in [2.45, 2.75) is 25.3 Å². The highest BCUT2D eigenvalue weighted by Gasteiger charge is 2.10. The van der Waals surface area contributed by atoms with E-state index < -0.39 is 18.0 Å². The molecule has 0 aliphatic rings. The molecular weight excluding hydrogens is 445 g/mol. The number of rotatable bonds is 9. The number of aliphatic carboxylic acids is 2. The minimum atomic E-state index is -1.00. The van der Waals surface area contributed by atoms with Gasteiger partial charge in [-0.05, 0) is 36.6 Å². The Kier molecular flexibility index (Phi) is 11.2. The Bertz CT molecular complexity index is 900. The van der Waals surface area contributed by atoms with Crippen molar-refractivity contribution in [2.75, 3.05) is 11.9 Å². The highest BCUT2D eigenvalue weighted by molar-refractivity contribution is 6.39. The Hall–Kier alpha value is -3.01. The number of nitrogens with zero attached hydrogens (tertiary/aromatic N) is 1. The molecule has 2 rings (SSSR count). The Morgan fingerprint density at radius 3 is 2.19 bits per heavy atom. The van der Waals surface area contributed by atoms with E-state index >= 15 is 0 Å². The summed E-state index contributed by atoms with van der Waals surface area (Å²) in [7, 11) is 0. The second kappa shape index (κ2) is 13.3. The molecule has 0 bridgehead atoms. The van der Waals surface area contributed by atoms with Crippen molar-refractivity contribution in [2.24, 2.45) is 22.2 Å². The van der Waals surface area contributed by atoms with Crippen LogP contribution in [0.2, 0.25) is 10.0 Å². The summed E-state index contributed by atoms with van der Waals surface area (Å²) in [6.45, 7) is 0.420. The lowest BCUT2D eigenvalue weighted by atomic mass is 10.1. The smallest absolute Gasteiger partial charge is 0.320 e. The van der Waals surface area contributed by atoms with E-state index in [2.05, 4.69) is 10.3 Å². The number of anilines is 2. The number of nitrogens with two attached hydrogens (primary N) is 3. The number of nitrogens with one attached hydrogen (secondary N) is 1. The SMILES string of the molecule is NC(N)=NCCCC(N)C(=O)O.O=C(O)Cc1ccccc1Nc1c(Cl)cccc1Cl. The Morgan fingerprint density at radius 2 is 1.65 bits per heavy atom. The molecule has 0 fully saturated rings. The van der Waals surface area contributed by atoms with Crippen LogP contribution in [0.3, 0.4) is 0 Å². The Labute approximate surface area is 189 Å². The largest absolute Gasteiger partial charge is 0.481 e. The van der Waals surface area contributed by atoms with Gasteiger partial charge in [0.1, 0.15) is 6.04 Å². The molecule has 0 aromatic heterocycles. The number of benzene rings is 2. The molecule has 31 heavy (non-hydrogen) atoms. The molecular formula is C20H25Cl2N5O4. The fourth-order valence-corrected chi connectivity index (χ4v) is 2.85. The molecule has 2 aromatic carbocycles. The molecule has 0 aliphatic heterocycles. The molecule has 1 unspecified atom stereocenters. The number of para-hydroxylation sites is 2. The van der Waals surface area contributed by atoms with Crippen molar-refractivity contribution in [3.8, 4) is 0 Å².